The second-order valence-corrected chi connectivity index (χ2v) is 6.78. The quantitative estimate of drug-likeness (QED) is 0.380. The summed E-state index contributed by atoms with van der Waals surface area (Å²) in [6.07, 6.45) is 5.23. The molecule has 0 amide bonds. The molecule has 0 saturated heterocycles. The smallest absolute Gasteiger partial charge is 0.331 e. The van der Waals surface area contributed by atoms with E-state index in [0.29, 0.717) is 0 Å². The maximum Gasteiger partial charge on any atom is 0.331 e. The van der Waals surface area contributed by atoms with Crippen molar-refractivity contribution in [1.82, 2.24) is 4.98 Å². The van der Waals surface area contributed by atoms with E-state index in [4.69, 9.17) is 4.74 Å². The zero-order valence-corrected chi connectivity index (χ0v) is 14.2. The standard InChI is InChI=1S/C18H15NO2S2/c1-22-14-9-6-13(7-10-14)8-11-18(20)21-12-17-19-15-4-2-3-5-16(15)23-17/h2-11H,12H2,1H3/b11-8+. The van der Waals surface area contributed by atoms with Crippen molar-refractivity contribution in [2.75, 3.05) is 6.26 Å². The Morgan fingerprint density at radius 2 is 2.00 bits per heavy atom. The van der Waals surface area contributed by atoms with Crippen molar-refractivity contribution in [2.24, 2.45) is 0 Å². The molecule has 1 aromatic heterocycles. The van der Waals surface area contributed by atoms with Crippen LogP contribution < -0.4 is 0 Å². The van der Waals surface area contributed by atoms with Gasteiger partial charge in [-0.1, -0.05) is 24.3 Å². The van der Waals surface area contributed by atoms with Crippen molar-refractivity contribution < 1.29 is 9.53 Å². The molecule has 3 nitrogen and oxygen atoms in total. The van der Waals surface area contributed by atoms with Gasteiger partial charge in [0.25, 0.3) is 0 Å². The summed E-state index contributed by atoms with van der Waals surface area (Å²) in [5, 5.41) is 0.803. The highest BCUT2D eigenvalue weighted by Gasteiger charge is 2.05. The normalized spacial score (nSPS) is 11.2. The molecule has 0 aliphatic heterocycles. The largest absolute Gasteiger partial charge is 0.455 e. The summed E-state index contributed by atoms with van der Waals surface area (Å²) in [7, 11) is 0. The van der Waals surface area contributed by atoms with Gasteiger partial charge in [-0.3, -0.25) is 0 Å². The Balaban J connectivity index is 1.57. The van der Waals surface area contributed by atoms with E-state index >= 15 is 0 Å². The number of ether oxygens (including phenoxy) is 1. The highest BCUT2D eigenvalue weighted by molar-refractivity contribution is 7.98. The first kappa shape index (κ1) is 15.8. The molecule has 116 valence electrons. The van der Waals surface area contributed by atoms with Crippen molar-refractivity contribution in [3.8, 4) is 0 Å². The van der Waals surface area contributed by atoms with Crippen molar-refractivity contribution in [2.45, 2.75) is 11.5 Å². The number of thioether (sulfide) groups is 1. The molecular weight excluding hydrogens is 326 g/mol. The van der Waals surface area contributed by atoms with Gasteiger partial charge in [0.1, 0.15) is 11.6 Å². The van der Waals surface area contributed by atoms with Crippen LogP contribution in [0.2, 0.25) is 0 Å². The van der Waals surface area contributed by atoms with Gasteiger partial charge < -0.3 is 4.74 Å². The van der Waals surface area contributed by atoms with E-state index in [2.05, 4.69) is 4.98 Å². The van der Waals surface area contributed by atoms with Crippen LogP contribution in [0.15, 0.2) is 59.5 Å². The molecule has 0 radical (unpaired) electrons. The second-order valence-electron chi connectivity index (χ2n) is 4.79. The predicted octanol–water partition coefficient (Wildman–Crippen LogP) is 4.77. The summed E-state index contributed by atoms with van der Waals surface area (Å²) in [5.74, 6) is -0.363. The van der Waals surface area contributed by atoms with Crippen molar-refractivity contribution in [3.63, 3.8) is 0 Å². The zero-order chi connectivity index (χ0) is 16.1. The first-order chi connectivity index (χ1) is 11.2. The van der Waals surface area contributed by atoms with Crippen molar-refractivity contribution in [1.29, 1.82) is 0 Å². The lowest BCUT2D eigenvalue weighted by Crippen LogP contribution is -2.00. The van der Waals surface area contributed by atoms with Gasteiger partial charge in [-0.25, -0.2) is 9.78 Å². The molecule has 0 aliphatic carbocycles. The van der Waals surface area contributed by atoms with Crippen molar-refractivity contribution >= 4 is 45.4 Å². The first-order valence-electron chi connectivity index (χ1n) is 7.08. The lowest BCUT2D eigenvalue weighted by atomic mass is 10.2. The molecule has 3 rings (SSSR count). The van der Waals surface area contributed by atoms with E-state index in [1.165, 1.54) is 11.0 Å². The van der Waals surface area contributed by atoms with Gasteiger partial charge in [0.2, 0.25) is 0 Å². The number of para-hydroxylation sites is 1. The summed E-state index contributed by atoms with van der Waals surface area (Å²) >= 11 is 3.23. The lowest BCUT2D eigenvalue weighted by Gasteiger charge is -1.99. The van der Waals surface area contributed by atoms with Gasteiger partial charge in [0.15, 0.2) is 0 Å². The Bertz CT molecular complexity index is 805. The summed E-state index contributed by atoms with van der Waals surface area (Å²) in [6.45, 7) is 0.202. The van der Waals surface area contributed by atoms with Gasteiger partial charge in [-0.15, -0.1) is 23.1 Å². The fraction of sp³-hybridized carbons (Fsp3) is 0.111. The van der Waals surface area contributed by atoms with E-state index in [1.54, 1.807) is 29.2 Å². The minimum absolute atomic E-state index is 0.202. The number of nitrogens with zero attached hydrogens (tertiary/aromatic N) is 1. The number of carbonyl (C=O) groups is 1. The summed E-state index contributed by atoms with van der Waals surface area (Å²) in [5.41, 5.74) is 1.91. The zero-order valence-electron chi connectivity index (χ0n) is 12.6. The summed E-state index contributed by atoms with van der Waals surface area (Å²) in [6, 6.07) is 15.9. The lowest BCUT2D eigenvalue weighted by molar-refractivity contribution is -0.138. The Labute approximate surface area is 143 Å². The molecule has 0 atom stereocenters. The molecule has 0 aliphatic rings. The van der Waals surface area contributed by atoms with Gasteiger partial charge in [-0.2, -0.15) is 0 Å². The highest BCUT2D eigenvalue weighted by atomic mass is 32.2. The first-order valence-corrected chi connectivity index (χ1v) is 9.12. The van der Waals surface area contributed by atoms with Crippen LogP contribution in [0.4, 0.5) is 0 Å². The Hall–Kier alpha value is -2.11. The minimum Gasteiger partial charge on any atom is -0.455 e. The molecule has 0 unspecified atom stereocenters. The predicted molar refractivity (Wildman–Crippen MR) is 96.7 cm³/mol. The van der Waals surface area contributed by atoms with E-state index in [9.17, 15) is 4.79 Å². The number of benzene rings is 2. The van der Waals surface area contributed by atoms with E-state index < -0.39 is 0 Å². The number of aromatic nitrogens is 1. The van der Waals surface area contributed by atoms with E-state index in [1.807, 2.05) is 54.8 Å². The molecule has 1 heterocycles. The maximum atomic E-state index is 11.8. The van der Waals surface area contributed by atoms with Crippen LogP contribution in [0.25, 0.3) is 16.3 Å². The molecule has 2 aromatic carbocycles. The number of hydrogen-bond donors (Lipinski definition) is 0. The molecule has 0 N–H and O–H groups in total. The minimum atomic E-state index is -0.363. The molecule has 0 bridgehead atoms. The average molecular weight is 341 g/mol. The second kappa shape index (κ2) is 7.44. The van der Waals surface area contributed by atoms with Crippen LogP contribution in [0.5, 0.6) is 0 Å². The maximum absolute atomic E-state index is 11.8. The molecule has 5 heteroatoms. The van der Waals surface area contributed by atoms with Crippen LogP contribution in [-0.4, -0.2) is 17.2 Å². The number of thiazole rings is 1. The molecule has 0 fully saturated rings. The fourth-order valence-corrected chi connectivity index (χ4v) is 3.33. The van der Waals surface area contributed by atoms with Crippen LogP contribution in [0, 0.1) is 0 Å². The van der Waals surface area contributed by atoms with Crippen LogP contribution in [0.3, 0.4) is 0 Å². The van der Waals surface area contributed by atoms with Gasteiger partial charge >= 0.3 is 5.97 Å². The highest BCUT2D eigenvalue weighted by Crippen LogP contribution is 2.22. The molecule has 0 saturated carbocycles. The topological polar surface area (TPSA) is 39.2 Å². The Kier molecular flexibility index (Phi) is 5.10. The fourth-order valence-electron chi connectivity index (χ4n) is 2.04. The Morgan fingerprint density at radius 3 is 2.74 bits per heavy atom. The molecule has 0 spiro atoms. The monoisotopic (exact) mass is 341 g/mol. The van der Waals surface area contributed by atoms with E-state index in [-0.39, 0.29) is 12.6 Å². The van der Waals surface area contributed by atoms with E-state index in [0.717, 1.165) is 20.8 Å². The van der Waals surface area contributed by atoms with Crippen LogP contribution >= 0.6 is 23.1 Å². The molecule has 3 aromatic rings. The third kappa shape index (κ3) is 4.21. The molecule has 23 heavy (non-hydrogen) atoms. The third-order valence-corrected chi connectivity index (χ3v) is 4.96. The average Bonchev–Trinajstić information content (AvgIpc) is 3.01. The number of hydrogen-bond acceptors (Lipinski definition) is 5. The number of esters is 1. The third-order valence-electron chi connectivity index (χ3n) is 3.20. The summed E-state index contributed by atoms with van der Waals surface area (Å²) in [4.78, 5) is 17.4. The number of fused-ring (bicyclic) bond motifs is 1. The van der Waals surface area contributed by atoms with Gasteiger partial charge in [0, 0.05) is 11.0 Å². The summed E-state index contributed by atoms with van der Waals surface area (Å²) < 4.78 is 6.34. The number of carbonyl (C=O) groups excluding carboxylic acids is 1. The molecular formula is C18H15NO2S2. The SMILES string of the molecule is CSc1ccc(/C=C/C(=O)OCc2nc3ccccc3s2)cc1. The van der Waals surface area contributed by atoms with Crippen LogP contribution in [0.1, 0.15) is 10.6 Å². The Morgan fingerprint density at radius 1 is 1.22 bits per heavy atom. The van der Waals surface area contributed by atoms with Gasteiger partial charge in [0.05, 0.1) is 10.2 Å². The number of rotatable bonds is 5. The van der Waals surface area contributed by atoms with Gasteiger partial charge in [-0.05, 0) is 42.2 Å². The van der Waals surface area contributed by atoms with Crippen LogP contribution in [-0.2, 0) is 16.1 Å². The van der Waals surface area contributed by atoms with Crippen molar-refractivity contribution in [3.05, 3.63) is 65.2 Å².